The van der Waals surface area contributed by atoms with Crippen molar-refractivity contribution in [3.63, 3.8) is 0 Å². The molecule has 0 aliphatic carbocycles. The summed E-state index contributed by atoms with van der Waals surface area (Å²) in [7, 11) is 1.26. The van der Waals surface area contributed by atoms with Crippen LogP contribution in [0.1, 0.15) is 12.3 Å². The predicted molar refractivity (Wildman–Crippen MR) is 80.3 cm³/mol. The average molecular weight is 323 g/mol. The zero-order valence-corrected chi connectivity index (χ0v) is 12.7. The number of nitrogens with zero attached hydrogens (tertiary/aromatic N) is 1. The van der Waals surface area contributed by atoms with E-state index in [2.05, 4.69) is 15.0 Å². The van der Waals surface area contributed by atoms with Gasteiger partial charge >= 0.3 is 5.97 Å². The number of carbonyl (C=O) groups excluding carboxylic acids is 2. The Hall–Kier alpha value is -2.34. The second-order valence-corrected chi connectivity index (χ2v) is 4.91. The van der Waals surface area contributed by atoms with Crippen LogP contribution in [0, 0.1) is 0 Å². The van der Waals surface area contributed by atoms with Gasteiger partial charge in [0.1, 0.15) is 6.54 Å². The van der Waals surface area contributed by atoms with Gasteiger partial charge in [0.15, 0.2) is 11.7 Å². The molecule has 0 radical (unpaired) electrons. The Labute approximate surface area is 132 Å². The van der Waals surface area contributed by atoms with Gasteiger partial charge in [-0.05, 0) is 24.3 Å². The summed E-state index contributed by atoms with van der Waals surface area (Å²) in [5, 5.41) is 3.09. The summed E-state index contributed by atoms with van der Waals surface area (Å²) in [4.78, 5) is 26.6. The number of benzene rings is 1. The molecule has 0 aliphatic rings. The number of ether oxygens (including phenoxy) is 1. The molecule has 22 heavy (non-hydrogen) atoms. The molecule has 0 saturated heterocycles. The van der Waals surface area contributed by atoms with Crippen LogP contribution in [0.15, 0.2) is 34.9 Å². The van der Waals surface area contributed by atoms with Crippen LogP contribution in [0.3, 0.4) is 0 Å². The molecule has 2 aromatic rings. The van der Waals surface area contributed by atoms with E-state index in [9.17, 15) is 9.59 Å². The van der Waals surface area contributed by atoms with Gasteiger partial charge in [0, 0.05) is 23.4 Å². The van der Waals surface area contributed by atoms with E-state index in [0.29, 0.717) is 23.1 Å². The summed E-state index contributed by atoms with van der Waals surface area (Å²) in [5.74, 6) is 0.311. The van der Waals surface area contributed by atoms with Crippen LogP contribution in [0.4, 0.5) is 0 Å². The fraction of sp³-hybridized carbons (Fsp3) is 0.267. The van der Waals surface area contributed by atoms with Crippen molar-refractivity contribution in [1.82, 2.24) is 10.3 Å². The highest BCUT2D eigenvalue weighted by atomic mass is 35.5. The number of oxazole rings is 1. The number of aromatic nitrogens is 1. The summed E-state index contributed by atoms with van der Waals surface area (Å²) in [6, 6.07) is 7.18. The van der Waals surface area contributed by atoms with Gasteiger partial charge in [-0.2, -0.15) is 0 Å². The molecule has 1 amide bonds. The van der Waals surface area contributed by atoms with Gasteiger partial charge in [-0.25, -0.2) is 4.98 Å². The predicted octanol–water partition coefficient (Wildman–Crippen LogP) is 2.22. The van der Waals surface area contributed by atoms with E-state index in [-0.39, 0.29) is 18.9 Å². The van der Waals surface area contributed by atoms with Gasteiger partial charge in [0.2, 0.25) is 5.91 Å². The van der Waals surface area contributed by atoms with Crippen molar-refractivity contribution in [2.45, 2.75) is 12.8 Å². The first kappa shape index (κ1) is 16.0. The van der Waals surface area contributed by atoms with Gasteiger partial charge in [-0.3, -0.25) is 9.59 Å². The molecule has 0 spiro atoms. The minimum absolute atomic E-state index is 0.142. The number of carbonyl (C=O) groups is 2. The smallest absolute Gasteiger partial charge is 0.325 e. The third-order valence-electron chi connectivity index (χ3n) is 2.91. The molecule has 0 atom stereocenters. The lowest BCUT2D eigenvalue weighted by Crippen LogP contribution is -2.30. The largest absolute Gasteiger partial charge is 0.468 e. The third kappa shape index (κ3) is 4.60. The maximum atomic E-state index is 11.5. The summed E-state index contributed by atoms with van der Waals surface area (Å²) >= 11 is 5.83. The van der Waals surface area contributed by atoms with Crippen LogP contribution < -0.4 is 5.32 Å². The molecule has 1 N–H and O–H groups in total. The first-order valence-electron chi connectivity index (χ1n) is 6.62. The average Bonchev–Trinajstić information content (AvgIpc) is 3.00. The summed E-state index contributed by atoms with van der Waals surface area (Å²) < 4.78 is 10.0. The number of halogens is 1. The van der Waals surface area contributed by atoms with Crippen LogP contribution in [0.2, 0.25) is 5.02 Å². The SMILES string of the molecule is COC(=O)CNC(=O)CCc1ncc(-c2ccc(Cl)cc2)o1. The van der Waals surface area contributed by atoms with Crippen molar-refractivity contribution in [3.8, 4) is 11.3 Å². The number of amides is 1. The zero-order valence-electron chi connectivity index (χ0n) is 12.0. The van der Waals surface area contributed by atoms with Crippen molar-refractivity contribution >= 4 is 23.5 Å². The van der Waals surface area contributed by atoms with Gasteiger partial charge in [0.05, 0.1) is 13.3 Å². The second kappa shape index (κ2) is 7.61. The molecule has 0 aliphatic heterocycles. The van der Waals surface area contributed by atoms with E-state index < -0.39 is 5.97 Å². The van der Waals surface area contributed by atoms with Crippen LogP contribution in [0.5, 0.6) is 0 Å². The molecule has 116 valence electrons. The van der Waals surface area contributed by atoms with Gasteiger partial charge < -0.3 is 14.5 Å². The lowest BCUT2D eigenvalue weighted by molar-refractivity contribution is -0.141. The van der Waals surface area contributed by atoms with Crippen LogP contribution in [-0.2, 0) is 20.7 Å². The summed E-state index contributed by atoms with van der Waals surface area (Å²) in [6.45, 7) is -0.142. The molecular weight excluding hydrogens is 308 g/mol. The number of aryl methyl sites for hydroxylation is 1. The molecular formula is C15H15ClN2O4. The lowest BCUT2D eigenvalue weighted by Gasteiger charge is -2.02. The number of nitrogens with one attached hydrogen (secondary N) is 1. The quantitative estimate of drug-likeness (QED) is 0.825. The molecule has 0 bridgehead atoms. The van der Waals surface area contributed by atoms with E-state index in [0.717, 1.165) is 5.56 Å². The van der Waals surface area contributed by atoms with E-state index in [1.165, 1.54) is 7.11 Å². The van der Waals surface area contributed by atoms with Crippen LogP contribution in [0.25, 0.3) is 11.3 Å². The Bertz CT molecular complexity index is 652. The van der Waals surface area contributed by atoms with Gasteiger partial charge in [-0.15, -0.1) is 0 Å². The molecule has 2 rings (SSSR count). The highest BCUT2D eigenvalue weighted by molar-refractivity contribution is 6.30. The molecule has 0 saturated carbocycles. The first-order chi connectivity index (χ1) is 10.6. The van der Waals surface area contributed by atoms with E-state index in [1.807, 2.05) is 12.1 Å². The topological polar surface area (TPSA) is 81.4 Å². The normalized spacial score (nSPS) is 10.3. The van der Waals surface area contributed by atoms with Crippen molar-refractivity contribution in [1.29, 1.82) is 0 Å². The molecule has 6 nitrogen and oxygen atoms in total. The van der Waals surface area contributed by atoms with Crippen LogP contribution >= 0.6 is 11.6 Å². The maximum absolute atomic E-state index is 11.5. The zero-order chi connectivity index (χ0) is 15.9. The molecule has 1 aromatic carbocycles. The van der Waals surface area contributed by atoms with E-state index in [1.54, 1.807) is 18.3 Å². The Morgan fingerprint density at radius 2 is 2.05 bits per heavy atom. The molecule has 1 aromatic heterocycles. The fourth-order valence-corrected chi connectivity index (χ4v) is 1.85. The Morgan fingerprint density at radius 1 is 1.32 bits per heavy atom. The first-order valence-corrected chi connectivity index (χ1v) is 7.00. The monoisotopic (exact) mass is 322 g/mol. The van der Waals surface area contributed by atoms with E-state index >= 15 is 0 Å². The van der Waals surface area contributed by atoms with Crippen molar-refractivity contribution in [2.24, 2.45) is 0 Å². The number of rotatable bonds is 6. The molecule has 1 heterocycles. The maximum Gasteiger partial charge on any atom is 0.325 e. The van der Waals surface area contributed by atoms with Gasteiger partial charge in [0.25, 0.3) is 0 Å². The lowest BCUT2D eigenvalue weighted by atomic mass is 10.2. The molecule has 0 fully saturated rings. The highest BCUT2D eigenvalue weighted by Crippen LogP contribution is 2.22. The molecule has 7 heteroatoms. The third-order valence-corrected chi connectivity index (χ3v) is 3.16. The number of esters is 1. The summed E-state index contributed by atoms with van der Waals surface area (Å²) in [6.07, 6.45) is 2.13. The van der Waals surface area contributed by atoms with Crippen molar-refractivity contribution in [3.05, 3.63) is 41.4 Å². The second-order valence-electron chi connectivity index (χ2n) is 4.48. The number of hydrogen-bond donors (Lipinski definition) is 1. The number of hydrogen-bond acceptors (Lipinski definition) is 5. The Kier molecular flexibility index (Phi) is 5.55. The minimum Gasteiger partial charge on any atom is -0.468 e. The fourth-order valence-electron chi connectivity index (χ4n) is 1.73. The van der Waals surface area contributed by atoms with Crippen molar-refractivity contribution in [2.75, 3.05) is 13.7 Å². The standard InChI is InChI=1S/C15H15ClN2O4/c1-21-15(20)9-17-13(19)6-7-14-18-8-12(22-14)10-2-4-11(16)5-3-10/h2-5,8H,6-7,9H2,1H3,(H,17,19). The van der Waals surface area contributed by atoms with Gasteiger partial charge in [-0.1, -0.05) is 11.6 Å². The summed E-state index contributed by atoms with van der Waals surface area (Å²) in [5.41, 5.74) is 0.860. The Morgan fingerprint density at radius 3 is 2.73 bits per heavy atom. The molecule has 0 unspecified atom stereocenters. The highest BCUT2D eigenvalue weighted by Gasteiger charge is 2.10. The number of methoxy groups -OCH3 is 1. The van der Waals surface area contributed by atoms with Crippen LogP contribution in [-0.4, -0.2) is 30.5 Å². The minimum atomic E-state index is -0.491. The Balaban J connectivity index is 1.86. The van der Waals surface area contributed by atoms with Crippen molar-refractivity contribution < 1.29 is 18.7 Å². The van der Waals surface area contributed by atoms with E-state index in [4.69, 9.17) is 16.0 Å².